The van der Waals surface area contributed by atoms with E-state index in [-0.39, 0.29) is 21.3 Å². The average Bonchev–Trinajstić information content (AvgIpc) is 2.40. The molecule has 0 saturated heterocycles. The minimum atomic E-state index is -1.34. The SMILES string of the molecule is O=C(O)c1cccc(NC(=O)c2c(F)cccc2Br)c1O. The third-order valence-corrected chi connectivity index (χ3v) is 3.37. The molecule has 0 aliphatic carbocycles. The van der Waals surface area contributed by atoms with Gasteiger partial charge in [0.15, 0.2) is 5.75 Å². The van der Waals surface area contributed by atoms with Gasteiger partial charge in [-0.15, -0.1) is 0 Å². The van der Waals surface area contributed by atoms with Crippen LogP contribution >= 0.6 is 15.9 Å². The molecule has 21 heavy (non-hydrogen) atoms. The van der Waals surface area contributed by atoms with Crippen LogP contribution in [0.2, 0.25) is 0 Å². The molecule has 0 unspecified atom stereocenters. The van der Waals surface area contributed by atoms with Crippen molar-refractivity contribution in [2.45, 2.75) is 0 Å². The van der Waals surface area contributed by atoms with Gasteiger partial charge in [0.05, 0.1) is 11.3 Å². The van der Waals surface area contributed by atoms with E-state index in [0.29, 0.717) is 0 Å². The Morgan fingerprint density at radius 2 is 1.81 bits per heavy atom. The molecular weight excluding hydrogens is 345 g/mol. The second kappa shape index (κ2) is 5.92. The van der Waals surface area contributed by atoms with Gasteiger partial charge in [-0.3, -0.25) is 4.79 Å². The molecule has 0 aromatic heterocycles. The standard InChI is InChI=1S/C14H9BrFNO4/c15-8-4-2-5-9(16)11(8)13(19)17-10-6-1-3-7(12(10)18)14(20)21/h1-6,18H,(H,17,19)(H,20,21). The number of para-hydroxylation sites is 1. The van der Waals surface area contributed by atoms with E-state index >= 15 is 0 Å². The second-order valence-corrected chi connectivity index (χ2v) is 4.91. The van der Waals surface area contributed by atoms with Crippen LogP contribution in [0.25, 0.3) is 0 Å². The topological polar surface area (TPSA) is 86.6 Å². The van der Waals surface area contributed by atoms with Crippen molar-refractivity contribution in [3.63, 3.8) is 0 Å². The van der Waals surface area contributed by atoms with Crippen molar-refractivity contribution < 1.29 is 24.2 Å². The minimum Gasteiger partial charge on any atom is -0.505 e. The van der Waals surface area contributed by atoms with E-state index in [1.165, 1.54) is 30.3 Å². The molecule has 0 atom stereocenters. The first-order chi connectivity index (χ1) is 9.91. The summed E-state index contributed by atoms with van der Waals surface area (Å²) >= 11 is 3.06. The lowest BCUT2D eigenvalue weighted by atomic mass is 10.1. The number of carbonyl (C=O) groups is 2. The molecule has 7 heteroatoms. The van der Waals surface area contributed by atoms with Gasteiger partial charge in [-0.2, -0.15) is 0 Å². The number of halogens is 2. The van der Waals surface area contributed by atoms with Crippen LogP contribution in [0.15, 0.2) is 40.9 Å². The number of benzene rings is 2. The van der Waals surface area contributed by atoms with Crippen LogP contribution in [0.4, 0.5) is 10.1 Å². The number of carbonyl (C=O) groups excluding carboxylic acids is 1. The quantitative estimate of drug-likeness (QED) is 0.739. The van der Waals surface area contributed by atoms with Crippen LogP contribution in [0, 0.1) is 5.82 Å². The maximum Gasteiger partial charge on any atom is 0.339 e. The highest BCUT2D eigenvalue weighted by Gasteiger charge is 2.19. The number of nitrogens with one attached hydrogen (secondary N) is 1. The maximum atomic E-state index is 13.7. The van der Waals surface area contributed by atoms with Crippen LogP contribution in [0.3, 0.4) is 0 Å². The molecule has 3 N–H and O–H groups in total. The van der Waals surface area contributed by atoms with Crippen molar-refractivity contribution in [2.24, 2.45) is 0 Å². The molecule has 108 valence electrons. The van der Waals surface area contributed by atoms with E-state index in [2.05, 4.69) is 21.2 Å². The molecule has 5 nitrogen and oxygen atoms in total. The smallest absolute Gasteiger partial charge is 0.339 e. The number of hydrogen-bond donors (Lipinski definition) is 3. The molecule has 0 aliphatic rings. The average molecular weight is 354 g/mol. The number of rotatable bonds is 3. The molecule has 0 bridgehead atoms. The molecule has 2 aromatic rings. The normalized spacial score (nSPS) is 10.2. The molecule has 2 rings (SSSR count). The molecule has 0 heterocycles. The van der Waals surface area contributed by atoms with Gasteiger partial charge in [0.1, 0.15) is 11.4 Å². The molecule has 0 fully saturated rings. The summed E-state index contributed by atoms with van der Waals surface area (Å²) in [6.07, 6.45) is 0. The van der Waals surface area contributed by atoms with Gasteiger partial charge in [0, 0.05) is 4.47 Å². The monoisotopic (exact) mass is 353 g/mol. The Hall–Kier alpha value is -2.41. The summed E-state index contributed by atoms with van der Waals surface area (Å²) < 4.78 is 13.9. The molecule has 0 aliphatic heterocycles. The number of carboxylic acid groups (broad SMARTS) is 1. The van der Waals surface area contributed by atoms with Gasteiger partial charge in [0.2, 0.25) is 0 Å². The fourth-order valence-corrected chi connectivity index (χ4v) is 2.24. The fourth-order valence-electron chi connectivity index (χ4n) is 1.72. The Labute approximate surface area is 127 Å². The summed E-state index contributed by atoms with van der Waals surface area (Å²) in [7, 11) is 0. The van der Waals surface area contributed by atoms with Crippen molar-refractivity contribution in [3.05, 3.63) is 57.8 Å². The van der Waals surface area contributed by atoms with Crippen LogP contribution in [0.1, 0.15) is 20.7 Å². The Morgan fingerprint density at radius 1 is 1.14 bits per heavy atom. The number of anilines is 1. The number of aromatic carboxylic acids is 1. The first kappa shape index (κ1) is 15.0. The lowest BCUT2D eigenvalue weighted by Crippen LogP contribution is -2.15. The van der Waals surface area contributed by atoms with E-state index in [1.54, 1.807) is 0 Å². The van der Waals surface area contributed by atoms with E-state index in [1.807, 2.05) is 0 Å². The lowest BCUT2D eigenvalue weighted by molar-refractivity contribution is 0.0693. The first-order valence-electron chi connectivity index (χ1n) is 5.72. The number of phenols is 1. The third-order valence-electron chi connectivity index (χ3n) is 2.70. The molecular formula is C14H9BrFNO4. The van der Waals surface area contributed by atoms with E-state index in [0.717, 1.165) is 6.07 Å². The Kier molecular flexibility index (Phi) is 4.23. The number of carboxylic acids is 1. The summed E-state index contributed by atoms with van der Waals surface area (Å²) in [5.41, 5.74) is -0.715. The van der Waals surface area contributed by atoms with Gasteiger partial charge in [0.25, 0.3) is 5.91 Å². The Morgan fingerprint density at radius 3 is 2.43 bits per heavy atom. The maximum absolute atomic E-state index is 13.7. The summed E-state index contributed by atoms with van der Waals surface area (Å²) in [6, 6.07) is 7.90. The Bertz CT molecular complexity index is 713. The van der Waals surface area contributed by atoms with E-state index in [9.17, 15) is 19.1 Å². The minimum absolute atomic E-state index is 0.116. The van der Waals surface area contributed by atoms with Crippen molar-refractivity contribution >= 4 is 33.5 Å². The third kappa shape index (κ3) is 3.03. The summed E-state index contributed by atoms with van der Waals surface area (Å²) in [5, 5.41) is 21.0. The molecule has 0 spiro atoms. The predicted octanol–water partition coefficient (Wildman–Crippen LogP) is 3.24. The zero-order valence-electron chi connectivity index (χ0n) is 10.4. The van der Waals surface area contributed by atoms with Crippen molar-refractivity contribution in [1.29, 1.82) is 0 Å². The molecule has 1 amide bonds. The molecule has 0 radical (unpaired) electrons. The zero-order chi connectivity index (χ0) is 15.6. The van der Waals surface area contributed by atoms with Crippen molar-refractivity contribution in [2.75, 3.05) is 5.32 Å². The Balaban J connectivity index is 2.37. The van der Waals surface area contributed by atoms with Gasteiger partial charge in [-0.05, 0) is 40.2 Å². The number of hydrogen-bond acceptors (Lipinski definition) is 3. The number of amides is 1. The summed E-state index contributed by atoms with van der Waals surface area (Å²) in [4.78, 5) is 22.9. The summed E-state index contributed by atoms with van der Waals surface area (Å²) in [5.74, 6) is -3.48. The van der Waals surface area contributed by atoms with Gasteiger partial charge < -0.3 is 15.5 Å². The van der Waals surface area contributed by atoms with Gasteiger partial charge in [-0.1, -0.05) is 12.1 Å². The highest BCUT2D eigenvalue weighted by atomic mass is 79.9. The first-order valence-corrected chi connectivity index (χ1v) is 6.51. The fraction of sp³-hybridized carbons (Fsp3) is 0. The van der Waals surface area contributed by atoms with Crippen molar-refractivity contribution in [3.8, 4) is 5.75 Å². The van der Waals surface area contributed by atoms with Crippen LogP contribution < -0.4 is 5.32 Å². The van der Waals surface area contributed by atoms with E-state index in [4.69, 9.17) is 5.11 Å². The van der Waals surface area contributed by atoms with E-state index < -0.39 is 23.4 Å². The van der Waals surface area contributed by atoms with Crippen LogP contribution in [-0.4, -0.2) is 22.1 Å². The summed E-state index contributed by atoms with van der Waals surface area (Å²) in [6.45, 7) is 0. The second-order valence-electron chi connectivity index (χ2n) is 4.06. The predicted molar refractivity (Wildman–Crippen MR) is 77.1 cm³/mol. The molecule has 0 saturated carbocycles. The number of aromatic hydroxyl groups is 1. The zero-order valence-corrected chi connectivity index (χ0v) is 12.0. The van der Waals surface area contributed by atoms with Gasteiger partial charge in [-0.25, -0.2) is 9.18 Å². The van der Waals surface area contributed by atoms with Crippen LogP contribution in [-0.2, 0) is 0 Å². The van der Waals surface area contributed by atoms with Crippen molar-refractivity contribution in [1.82, 2.24) is 0 Å². The van der Waals surface area contributed by atoms with Crippen LogP contribution in [0.5, 0.6) is 5.75 Å². The largest absolute Gasteiger partial charge is 0.505 e. The lowest BCUT2D eigenvalue weighted by Gasteiger charge is -2.10. The van der Waals surface area contributed by atoms with Gasteiger partial charge >= 0.3 is 5.97 Å². The highest BCUT2D eigenvalue weighted by molar-refractivity contribution is 9.10. The highest BCUT2D eigenvalue weighted by Crippen LogP contribution is 2.29. The molecule has 2 aromatic carbocycles.